The van der Waals surface area contributed by atoms with Crippen LogP contribution in [0.4, 0.5) is 0 Å². The molecular weight excluding hydrogens is 176 g/mol. The number of allylic oxidation sites excluding steroid dienone is 1. The number of carbonyl (C=O) groups is 1. The van der Waals surface area contributed by atoms with E-state index in [1.807, 2.05) is 38.1 Å². The van der Waals surface area contributed by atoms with Crippen LogP contribution < -0.4 is 0 Å². The van der Waals surface area contributed by atoms with Gasteiger partial charge in [-0.05, 0) is 19.4 Å². The van der Waals surface area contributed by atoms with Crippen LogP contribution in [0.5, 0.6) is 0 Å². The fourth-order valence-corrected chi connectivity index (χ4v) is 1.08. The van der Waals surface area contributed by atoms with E-state index >= 15 is 0 Å². The van der Waals surface area contributed by atoms with Crippen molar-refractivity contribution in [3.8, 4) is 0 Å². The van der Waals surface area contributed by atoms with E-state index < -0.39 is 0 Å². The highest BCUT2D eigenvalue weighted by molar-refractivity contribution is 6.06. The Morgan fingerprint density at radius 1 is 1.36 bits per heavy atom. The lowest BCUT2D eigenvalue weighted by molar-refractivity contribution is -0.103. The van der Waals surface area contributed by atoms with Crippen molar-refractivity contribution in [2.24, 2.45) is 0 Å². The summed E-state index contributed by atoms with van der Waals surface area (Å²) in [4.78, 5) is 10.7. The van der Waals surface area contributed by atoms with E-state index in [-0.39, 0.29) is 0 Å². The van der Waals surface area contributed by atoms with Crippen molar-refractivity contribution in [1.82, 2.24) is 0 Å². The molecule has 0 heterocycles. The van der Waals surface area contributed by atoms with Gasteiger partial charge >= 0.3 is 0 Å². The van der Waals surface area contributed by atoms with Crippen LogP contribution in [0.15, 0.2) is 30.5 Å². The topological polar surface area (TPSA) is 26.3 Å². The van der Waals surface area contributed by atoms with Crippen molar-refractivity contribution in [1.29, 1.82) is 0 Å². The zero-order valence-electron chi connectivity index (χ0n) is 8.49. The van der Waals surface area contributed by atoms with E-state index in [1.54, 1.807) is 0 Å². The van der Waals surface area contributed by atoms with Gasteiger partial charge in [-0.3, -0.25) is 4.79 Å². The molecule has 0 saturated carbocycles. The summed E-state index contributed by atoms with van der Waals surface area (Å²) in [6.45, 7) is 4.47. The minimum absolute atomic E-state index is 0.573. The molecule has 0 N–H and O–H groups in total. The van der Waals surface area contributed by atoms with Crippen molar-refractivity contribution < 1.29 is 9.53 Å². The minimum Gasteiger partial charge on any atom is -0.501 e. The van der Waals surface area contributed by atoms with Crippen molar-refractivity contribution >= 4 is 11.9 Å². The second-order valence-corrected chi connectivity index (χ2v) is 3.01. The highest BCUT2D eigenvalue weighted by Crippen LogP contribution is 2.12. The molecule has 14 heavy (non-hydrogen) atoms. The Morgan fingerprint density at radius 2 is 2.00 bits per heavy atom. The smallest absolute Gasteiger partial charge is 0.153 e. The Balaban J connectivity index is 2.89. The maximum absolute atomic E-state index is 10.7. The average Bonchev–Trinajstić information content (AvgIpc) is 2.21. The van der Waals surface area contributed by atoms with E-state index in [0.717, 1.165) is 11.8 Å². The molecule has 0 aromatic heterocycles. The molecule has 74 valence electrons. The molecule has 0 aliphatic carbocycles. The summed E-state index contributed by atoms with van der Waals surface area (Å²) in [5.41, 5.74) is 2.64. The predicted octanol–water partition coefficient (Wildman–Crippen LogP) is 2.57. The van der Waals surface area contributed by atoms with Crippen molar-refractivity contribution in [3.63, 3.8) is 0 Å². The number of carbonyl (C=O) groups excluding carboxylic acids is 1. The first kappa shape index (κ1) is 10.5. The van der Waals surface area contributed by atoms with Crippen LogP contribution in [0.2, 0.25) is 0 Å². The first-order valence-corrected chi connectivity index (χ1v) is 4.62. The fourth-order valence-electron chi connectivity index (χ4n) is 1.08. The monoisotopic (exact) mass is 190 g/mol. The fraction of sp³-hybridized carbons (Fsp3) is 0.250. The highest BCUT2D eigenvalue weighted by Gasteiger charge is 1.99. The van der Waals surface area contributed by atoms with E-state index in [9.17, 15) is 4.79 Å². The number of ether oxygens (including phenoxy) is 1. The van der Waals surface area contributed by atoms with Crippen LogP contribution in [0.25, 0.3) is 5.57 Å². The Bertz CT molecular complexity index is 323. The molecule has 0 radical (unpaired) electrons. The second-order valence-electron chi connectivity index (χ2n) is 3.01. The van der Waals surface area contributed by atoms with E-state index in [1.165, 1.54) is 11.8 Å². The van der Waals surface area contributed by atoms with Gasteiger partial charge in [0, 0.05) is 0 Å². The van der Waals surface area contributed by atoms with E-state index in [0.29, 0.717) is 12.2 Å². The molecule has 2 nitrogen and oxygen atoms in total. The summed E-state index contributed by atoms with van der Waals surface area (Å²) in [7, 11) is 0. The number of hydrogen-bond acceptors (Lipinski definition) is 2. The molecule has 2 heteroatoms. The zero-order chi connectivity index (χ0) is 10.4. The molecule has 0 unspecified atom stereocenters. The van der Waals surface area contributed by atoms with E-state index in [2.05, 4.69) is 0 Å². The first-order chi connectivity index (χ1) is 6.77. The van der Waals surface area contributed by atoms with Crippen LogP contribution in [-0.4, -0.2) is 12.9 Å². The number of rotatable bonds is 4. The number of hydrogen-bond donors (Lipinski definition) is 0. The van der Waals surface area contributed by atoms with Gasteiger partial charge in [-0.2, -0.15) is 0 Å². The molecule has 1 rings (SSSR count). The van der Waals surface area contributed by atoms with Gasteiger partial charge in [0.05, 0.1) is 18.4 Å². The summed E-state index contributed by atoms with van der Waals surface area (Å²) in [5, 5.41) is 0. The van der Waals surface area contributed by atoms with Gasteiger partial charge in [0.25, 0.3) is 0 Å². The summed E-state index contributed by atoms with van der Waals surface area (Å²) < 4.78 is 5.08. The Morgan fingerprint density at radius 3 is 2.50 bits per heavy atom. The molecule has 1 aromatic rings. The number of aldehydes is 1. The van der Waals surface area contributed by atoms with Gasteiger partial charge in [0.1, 0.15) is 0 Å². The zero-order valence-corrected chi connectivity index (χ0v) is 8.49. The summed E-state index contributed by atoms with van der Waals surface area (Å²) in [6, 6.07) is 7.76. The van der Waals surface area contributed by atoms with Gasteiger partial charge in [-0.25, -0.2) is 0 Å². The highest BCUT2D eigenvalue weighted by atomic mass is 16.5. The maximum Gasteiger partial charge on any atom is 0.153 e. The lowest BCUT2D eigenvalue weighted by atomic mass is 10.1. The molecule has 0 aliphatic rings. The maximum atomic E-state index is 10.7. The van der Waals surface area contributed by atoms with Gasteiger partial charge in [-0.15, -0.1) is 0 Å². The third-order valence-corrected chi connectivity index (χ3v) is 1.89. The molecule has 0 saturated heterocycles. The van der Waals surface area contributed by atoms with Gasteiger partial charge in [-0.1, -0.05) is 29.8 Å². The summed E-state index contributed by atoms with van der Waals surface area (Å²) in [6.07, 6.45) is 2.30. The summed E-state index contributed by atoms with van der Waals surface area (Å²) >= 11 is 0. The van der Waals surface area contributed by atoms with Crippen LogP contribution in [0, 0.1) is 6.92 Å². The molecule has 0 bridgehead atoms. The third kappa shape index (κ3) is 2.73. The summed E-state index contributed by atoms with van der Waals surface area (Å²) in [5.74, 6) is 0. The molecule has 0 atom stereocenters. The average molecular weight is 190 g/mol. The quantitative estimate of drug-likeness (QED) is 0.414. The van der Waals surface area contributed by atoms with Gasteiger partial charge < -0.3 is 4.74 Å². The number of benzene rings is 1. The standard InChI is InChI=1S/C12H14O2/c1-3-14-9-12(8-13)11-6-4-10(2)5-7-11/h4-9H,3H2,1-2H3. The van der Waals surface area contributed by atoms with Crippen LogP contribution in [-0.2, 0) is 9.53 Å². The SMILES string of the molecule is CCOC=C(C=O)c1ccc(C)cc1. The molecule has 0 amide bonds. The minimum atomic E-state index is 0.573. The largest absolute Gasteiger partial charge is 0.501 e. The van der Waals surface area contributed by atoms with Gasteiger partial charge in [0.15, 0.2) is 6.29 Å². The third-order valence-electron chi connectivity index (χ3n) is 1.89. The van der Waals surface area contributed by atoms with Crippen molar-refractivity contribution in [2.45, 2.75) is 13.8 Å². The molecule has 0 fully saturated rings. The van der Waals surface area contributed by atoms with Crippen molar-refractivity contribution in [3.05, 3.63) is 41.7 Å². The molecule has 1 aromatic carbocycles. The van der Waals surface area contributed by atoms with Gasteiger partial charge in [0.2, 0.25) is 0 Å². The van der Waals surface area contributed by atoms with Crippen molar-refractivity contribution in [2.75, 3.05) is 6.61 Å². The Kier molecular flexibility index (Phi) is 3.92. The second kappa shape index (κ2) is 5.22. The lowest BCUT2D eigenvalue weighted by Gasteiger charge is -2.01. The van der Waals surface area contributed by atoms with Crippen LogP contribution in [0.3, 0.4) is 0 Å². The van der Waals surface area contributed by atoms with Crippen LogP contribution in [0.1, 0.15) is 18.1 Å². The predicted molar refractivity (Wildman–Crippen MR) is 56.8 cm³/mol. The normalized spacial score (nSPS) is 11.1. The Hall–Kier alpha value is -1.57. The molecule has 0 spiro atoms. The first-order valence-electron chi connectivity index (χ1n) is 4.62. The van der Waals surface area contributed by atoms with E-state index in [4.69, 9.17) is 4.74 Å². The Labute approximate surface area is 84.2 Å². The molecule has 0 aliphatic heterocycles. The molecular formula is C12H14O2. The number of aryl methyl sites for hydroxylation is 1. The van der Waals surface area contributed by atoms with Crippen LogP contribution >= 0.6 is 0 Å². The lowest BCUT2D eigenvalue weighted by Crippen LogP contribution is -1.88.